The van der Waals surface area contributed by atoms with Gasteiger partial charge in [-0.15, -0.1) is 0 Å². The summed E-state index contributed by atoms with van der Waals surface area (Å²) < 4.78 is 0. The fourth-order valence-corrected chi connectivity index (χ4v) is 1.57. The molecule has 1 aliphatic heterocycles. The highest BCUT2D eigenvalue weighted by molar-refractivity contribution is 4.95. The van der Waals surface area contributed by atoms with E-state index in [2.05, 4.69) is 38.3 Å². The first-order chi connectivity index (χ1) is 4.41. The number of piperazine rings is 1. The second-order valence-corrected chi connectivity index (χ2v) is 4.34. The molecule has 0 unspecified atom stereocenters. The molecular formula is C8H17N2. The highest BCUT2D eigenvalue weighted by Crippen LogP contribution is 2.16. The van der Waals surface area contributed by atoms with E-state index >= 15 is 0 Å². The molecule has 0 aromatic rings. The summed E-state index contributed by atoms with van der Waals surface area (Å²) in [6, 6.07) is 0. The van der Waals surface area contributed by atoms with Gasteiger partial charge >= 0.3 is 0 Å². The number of nitrogens with one attached hydrogen (secondary N) is 1. The summed E-state index contributed by atoms with van der Waals surface area (Å²) in [4.78, 5) is 0. The summed E-state index contributed by atoms with van der Waals surface area (Å²) in [5.74, 6) is 0. The van der Waals surface area contributed by atoms with Crippen molar-refractivity contribution in [1.82, 2.24) is 10.6 Å². The number of hydrogen-bond acceptors (Lipinski definition) is 1. The van der Waals surface area contributed by atoms with Crippen LogP contribution < -0.4 is 10.6 Å². The van der Waals surface area contributed by atoms with Crippen LogP contribution in [0.1, 0.15) is 27.7 Å². The van der Waals surface area contributed by atoms with Gasteiger partial charge in [0.1, 0.15) is 0 Å². The molecule has 0 spiro atoms. The minimum absolute atomic E-state index is 0.127. The molecule has 0 aromatic heterocycles. The average Bonchev–Trinajstić information content (AvgIpc) is 1.56. The summed E-state index contributed by atoms with van der Waals surface area (Å²) in [5.41, 5.74) is 0.253. The maximum absolute atomic E-state index is 4.68. The van der Waals surface area contributed by atoms with E-state index in [1.165, 1.54) is 0 Å². The number of hydrogen-bond donors (Lipinski definition) is 1. The van der Waals surface area contributed by atoms with Crippen LogP contribution in [0, 0.1) is 0 Å². The van der Waals surface area contributed by atoms with Gasteiger partial charge in [-0.25, -0.2) is 5.32 Å². The van der Waals surface area contributed by atoms with E-state index < -0.39 is 0 Å². The fraction of sp³-hybridized carbons (Fsp3) is 1.00. The molecule has 0 bridgehead atoms. The van der Waals surface area contributed by atoms with Crippen LogP contribution in [0.25, 0.3) is 0 Å². The molecule has 1 heterocycles. The van der Waals surface area contributed by atoms with Crippen molar-refractivity contribution >= 4 is 0 Å². The van der Waals surface area contributed by atoms with Crippen molar-refractivity contribution in [1.29, 1.82) is 0 Å². The van der Waals surface area contributed by atoms with Gasteiger partial charge in [0.05, 0.1) is 0 Å². The van der Waals surface area contributed by atoms with Gasteiger partial charge in [-0.1, -0.05) is 0 Å². The van der Waals surface area contributed by atoms with E-state index in [-0.39, 0.29) is 11.1 Å². The van der Waals surface area contributed by atoms with Crippen LogP contribution >= 0.6 is 0 Å². The average molecular weight is 141 g/mol. The predicted molar refractivity (Wildman–Crippen MR) is 43.2 cm³/mol. The highest BCUT2D eigenvalue weighted by Gasteiger charge is 2.33. The molecule has 1 saturated heterocycles. The molecule has 0 saturated carbocycles. The molecule has 59 valence electrons. The van der Waals surface area contributed by atoms with Crippen LogP contribution in [-0.4, -0.2) is 24.2 Å². The van der Waals surface area contributed by atoms with E-state index in [1.54, 1.807) is 0 Å². The lowest BCUT2D eigenvalue weighted by Crippen LogP contribution is -2.61. The summed E-state index contributed by atoms with van der Waals surface area (Å²) in [6.45, 7) is 10.7. The number of rotatable bonds is 0. The molecule has 1 fully saturated rings. The SMILES string of the molecule is CC1(C)CNCC(C)(C)[N]1. The van der Waals surface area contributed by atoms with Crippen LogP contribution in [0.4, 0.5) is 0 Å². The van der Waals surface area contributed by atoms with Crippen molar-refractivity contribution in [2.75, 3.05) is 13.1 Å². The monoisotopic (exact) mass is 141 g/mol. The van der Waals surface area contributed by atoms with Crippen LogP contribution in [0.15, 0.2) is 0 Å². The highest BCUT2D eigenvalue weighted by atomic mass is 15.1. The second kappa shape index (κ2) is 2.21. The molecular weight excluding hydrogens is 124 g/mol. The zero-order chi connectivity index (χ0) is 7.83. The molecule has 1 rings (SSSR count). The van der Waals surface area contributed by atoms with Crippen molar-refractivity contribution in [3.63, 3.8) is 0 Å². The fourth-order valence-electron chi connectivity index (χ4n) is 1.57. The zero-order valence-electron chi connectivity index (χ0n) is 7.36. The Morgan fingerprint density at radius 2 is 1.40 bits per heavy atom. The van der Waals surface area contributed by atoms with Gasteiger partial charge in [-0.05, 0) is 27.7 Å². The van der Waals surface area contributed by atoms with Crippen LogP contribution in [0.2, 0.25) is 0 Å². The maximum Gasteiger partial charge on any atom is 0.0431 e. The lowest BCUT2D eigenvalue weighted by Gasteiger charge is -2.40. The lowest BCUT2D eigenvalue weighted by atomic mass is 9.93. The lowest BCUT2D eigenvalue weighted by molar-refractivity contribution is 0.193. The van der Waals surface area contributed by atoms with Crippen molar-refractivity contribution in [3.05, 3.63) is 0 Å². The summed E-state index contributed by atoms with van der Waals surface area (Å²) in [7, 11) is 0. The first kappa shape index (κ1) is 8.02. The molecule has 0 amide bonds. The van der Waals surface area contributed by atoms with Gasteiger partial charge in [-0.3, -0.25) is 0 Å². The van der Waals surface area contributed by atoms with Crippen molar-refractivity contribution in [3.8, 4) is 0 Å². The minimum Gasteiger partial charge on any atom is -0.313 e. The molecule has 0 aromatic carbocycles. The standard InChI is InChI=1S/C8H17N2/c1-7(2)5-9-6-8(3,4)10-7/h9H,5-6H2,1-4H3. The number of nitrogens with zero attached hydrogens (tertiary/aromatic N) is 1. The largest absolute Gasteiger partial charge is 0.313 e. The molecule has 0 atom stereocenters. The van der Waals surface area contributed by atoms with E-state index in [1.807, 2.05) is 0 Å². The first-order valence-corrected chi connectivity index (χ1v) is 3.86. The van der Waals surface area contributed by atoms with Gasteiger partial charge in [0.15, 0.2) is 0 Å². The Labute approximate surface area is 63.4 Å². The van der Waals surface area contributed by atoms with Gasteiger partial charge in [0.25, 0.3) is 0 Å². The molecule has 1 N–H and O–H groups in total. The molecule has 10 heavy (non-hydrogen) atoms. The summed E-state index contributed by atoms with van der Waals surface area (Å²) in [5, 5.41) is 8.06. The van der Waals surface area contributed by atoms with Crippen LogP contribution in [-0.2, 0) is 0 Å². The Balaban J connectivity index is 2.56. The molecule has 1 radical (unpaired) electrons. The molecule has 2 nitrogen and oxygen atoms in total. The second-order valence-electron chi connectivity index (χ2n) is 4.34. The van der Waals surface area contributed by atoms with Crippen molar-refractivity contribution in [2.45, 2.75) is 38.8 Å². The van der Waals surface area contributed by atoms with Crippen LogP contribution in [0.5, 0.6) is 0 Å². The summed E-state index contributed by atoms with van der Waals surface area (Å²) >= 11 is 0. The Hall–Kier alpha value is -0.0800. The maximum atomic E-state index is 4.68. The molecule has 0 aliphatic carbocycles. The Kier molecular flexibility index (Phi) is 1.77. The molecule has 1 aliphatic rings. The quantitative estimate of drug-likeness (QED) is 0.529. The molecule has 2 heteroatoms. The third kappa shape index (κ3) is 1.96. The zero-order valence-corrected chi connectivity index (χ0v) is 7.36. The Morgan fingerprint density at radius 1 is 1.00 bits per heavy atom. The normalized spacial score (nSPS) is 30.0. The predicted octanol–water partition coefficient (Wildman–Crippen LogP) is 0.751. The minimum atomic E-state index is 0.127. The van der Waals surface area contributed by atoms with E-state index in [4.69, 9.17) is 0 Å². The Bertz CT molecular complexity index is 113. The van der Waals surface area contributed by atoms with Crippen molar-refractivity contribution in [2.24, 2.45) is 0 Å². The van der Waals surface area contributed by atoms with E-state index in [9.17, 15) is 0 Å². The van der Waals surface area contributed by atoms with E-state index in [0.29, 0.717) is 0 Å². The summed E-state index contributed by atoms with van der Waals surface area (Å²) in [6.07, 6.45) is 0. The topological polar surface area (TPSA) is 26.1 Å². The van der Waals surface area contributed by atoms with Gasteiger partial charge in [0.2, 0.25) is 0 Å². The Morgan fingerprint density at radius 3 is 1.60 bits per heavy atom. The van der Waals surface area contributed by atoms with Gasteiger partial charge < -0.3 is 5.32 Å². The smallest absolute Gasteiger partial charge is 0.0431 e. The van der Waals surface area contributed by atoms with E-state index in [0.717, 1.165) is 13.1 Å². The first-order valence-electron chi connectivity index (χ1n) is 3.86. The van der Waals surface area contributed by atoms with Crippen LogP contribution in [0.3, 0.4) is 0 Å². The van der Waals surface area contributed by atoms with Gasteiger partial charge in [0, 0.05) is 24.2 Å². The van der Waals surface area contributed by atoms with Crippen molar-refractivity contribution < 1.29 is 0 Å². The van der Waals surface area contributed by atoms with Gasteiger partial charge in [-0.2, -0.15) is 0 Å². The third-order valence-corrected chi connectivity index (χ3v) is 1.72. The third-order valence-electron chi connectivity index (χ3n) is 1.72.